The highest BCUT2D eigenvalue weighted by atomic mass is 19.1. The van der Waals surface area contributed by atoms with Crippen LogP contribution in [0.3, 0.4) is 0 Å². The molecular weight excluding hydrogens is 467 g/mol. The number of nitrogens with one attached hydrogen (secondary N) is 1. The molecule has 10 nitrogen and oxygen atoms in total. The number of nitrogens with zero attached hydrogens (tertiary/aromatic N) is 5. The van der Waals surface area contributed by atoms with Crippen molar-refractivity contribution in [3.63, 3.8) is 0 Å². The van der Waals surface area contributed by atoms with Gasteiger partial charge in [-0.05, 0) is 40.2 Å². The summed E-state index contributed by atoms with van der Waals surface area (Å²) in [6.07, 6.45) is 2.82. The van der Waals surface area contributed by atoms with Crippen LogP contribution < -0.4 is 5.56 Å². The molecule has 36 heavy (non-hydrogen) atoms. The lowest BCUT2D eigenvalue weighted by atomic mass is 9.86. The summed E-state index contributed by atoms with van der Waals surface area (Å²) in [6, 6.07) is 9.47. The highest BCUT2D eigenvalue weighted by Crippen LogP contribution is 2.31. The molecule has 3 aromatic heterocycles. The fourth-order valence-corrected chi connectivity index (χ4v) is 4.21. The molecule has 5 rings (SSSR count). The second-order valence-electron chi connectivity index (χ2n) is 9.41. The van der Waals surface area contributed by atoms with Crippen LogP contribution in [0.4, 0.5) is 10.2 Å². The van der Waals surface area contributed by atoms with Crippen LogP contribution in [0.25, 0.3) is 38.6 Å². The molecule has 2 aromatic carbocycles. The fraction of sp³-hybridized carbons (Fsp3) is 0.200. The van der Waals surface area contributed by atoms with Gasteiger partial charge in [-0.2, -0.15) is 14.9 Å². The fourth-order valence-electron chi connectivity index (χ4n) is 4.21. The van der Waals surface area contributed by atoms with Gasteiger partial charge in [0.25, 0.3) is 5.56 Å². The van der Waals surface area contributed by atoms with E-state index < -0.39 is 22.9 Å². The second-order valence-corrected chi connectivity index (χ2v) is 9.41. The van der Waals surface area contributed by atoms with Gasteiger partial charge in [0.15, 0.2) is 0 Å². The number of nitro groups is 1. The molecule has 0 radical (unpaired) electrons. The second kappa shape index (κ2) is 8.31. The largest absolute Gasteiger partial charge is 0.397 e. The third-order valence-corrected chi connectivity index (χ3v) is 6.12. The number of pyridine rings is 1. The zero-order chi connectivity index (χ0) is 25.8. The van der Waals surface area contributed by atoms with Gasteiger partial charge in [0.05, 0.1) is 40.9 Å². The van der Waals surface area contributed by atoms with Gasteiger partial charge in [-0.25, -0.2) is 4.39 Å². The van der Waals surface area contributed by atoms with Gasteiger partial charge in [0.2, 0.25) is 0 Å². The molecule has 11 heteroatoms. The first-order valence-corrected chi connectivity index (χ1v) is 11.0. The monoisotopic (exact) mass is 488 g/mol. The molecule has 2 N–H and O–H groups in total. The summed E-state index contributed by atoms with van der Waals surface area (Å²) < 4.78 is 16.2. The number of hydrogen-bond acceptors (Lipinski definition) is 7. The summed E-state index contributed by atoms with van der Waals surface area (Å²) in [4.78, 5) is 28.4. The van der Waals surface area contributed by atoms with Gasteiger partial charge < -0.3 is 15.2 Å². The third-order valence-electron chi connectivity index (χ3n) is 6.12. The van der Waals surface area contributed by atoms with Gasteiger partial charge >= 0.3 is 5.82 Å². The minimum Gasteiger partial charge on any atom is -0.392 e. The Morgan fingerprint density at radius 2 is 1.97 bits per heavy atom. The molecule has 0 spiro atoms. The Balaban J connectivity index is 1.71. The maximum atomic E-state index is 15.1. The van der Waals surface area contributed by atoms with E-state index in [1.165, 1.54) is 24.5 Å². The normalized spacial score (nSPS) is 11.9. The lowest BCUT2D eigenvalue weighted by molar-refractivity contribution is -0.387. The predicted octanol–water partition coefficient (Wildman–Crippen LogP) is 4.16. The van der Waals surface area contributed by atoms with E-state index in [-0.39, 0.29) is 27.7 Å². The summed E-state index contributed by atoms with van der Waals surface area (Å²) in [7, 11) is 0. The van der Waals surface area contributed by atoms with Crippen LogP contribution in [-0.2, 0) is 12.0 Å². The summed E-state index contributed by atoms with van der Waals surface area (Å²) in [5, 5.41) is 32.6. The van der Waals surface area contributed by atoms with Crippen molar-refractivity contribution in [3.05, 3.63) is 86.2 Å². The minimum atomic E-state index is -0.675. The summed E-state index contributed by atoms with van der Waals surface area (Å²) in [5.41, 5.74) is 1.43. The van der Waals surface area contributed by atoms with E-state index in [0.717, 1.165) is 10.2 Å². The SMILES string of the molecule is CC(C)(C)c1cc(F)c2c(=O)n(-c3cccc(-c4cc5c([N+](=O)[O-])n[nH]c5cn4)c3CO)ncc2c1. The molecule has 0 aliphatic heterocycles. The molecule has 0 aliphatic carbocycles. The van der Waals surface area contributed by atoms with E-state index >= 15 is 4.39 Å². The first-order chi connectivity index (χ1) is 17.1. The van der Waals surface area contributed by atoms with Crippen molar-refractivity contribution in [1.29, 1.82) is 0 Å². The molecule has 0 bridgehead atoms. The van der Waals surface area contributed by atoms with E-state index in [9.17, 15) is 20.0 Å². The number of aliphatic hydroxyl groups excluding tert-OH is 1. The Hall–Kier alpha value is -4.51. The highest BCUT2D eigenvalue weighted by Gasteiger charge is 2.22. The Morgan fingerprint density at radius 3 is 2.67 bits per heavy atom. The van der Waals surface area contributed by atoms with Crippen molar-refractivity contribution >= 4 is 27.5 Å². The van der Waals surface area contributed by atoms with Gasteiger partial charge in [0.1, 0.15) is 16.7 Å². The Morgan fingerprint density at radius 1 is 1.19 bits per heavy atom. The first-order valence-electron chi connectivity index (χ1n) is 11.0. The van der Waals surface area contributed by atoms with E-state index in [2.05, 4.69) is 20.3 Å². The molecule has 182 valence electrons. The number of aromatic nitrogens is 5. The van der Waals surface area contributed by atoms with Crippen molar-refractivity contribution < 1.29 is 14.4 Å². The zero-order valence-corrected chi connectivity index (χ0v) is 19.6. The molecule has 0 fully saturated rings. The number of hydrogen-bond donors (Lipinski definition) is 2. The van der Waals surface area contributed by atoms with Crippen molar-refractivity contribution in [2.45, 2.75) is 32.8 Å². The Kier molecular flexibility index (Phi) is 5.36. The van der Waals surface area contributed by atoms with Crippen molar-refractivity contribution in [2.24, 2.45) is 0 Å². The number of aromatic amines is 1. The maximum absolute atomic E-state index is 15.1. The number of halogens is 1. The zero-order valence-electron chi connectivity index (χ0n) is 19.6. The summed E-state index contributed by atoms with van der Waals surface area (Å²) >= 11 is 0. The van der Waals surface area contributed by atoms with Gasteiger partial charge in [0, 0.05) is 16.5 Å². The third kappa shape index (κ3) is 3.69. The van der Waals surface area contributed by atoms with Gasteiger partial charge in [-0.3, -0.25) is 9.78 Å². The van der Waals surface area contributed by atoms with Crippen LogP contribution in [-0.4, -0.2) is 35.0 Å². The van der Waals surface area contributed by atoms with Crippen LogP contribution in [0.2, 0.25) is 0 Å². The number of H-pyrrole nitrogens is 1. The maximum Gasteiger partial charge on any atom is 0.397 e. The molecule has 0 saturated heterocycles. The Bertz CT molecular complexity index is 1740. The smallest absolute Gasteiger partial charge is 0.392 e. The summed E-state index contributed by atoms with van der Waals surface area (Å²) in [6.45, 7) is 5.36. The number of benzene rings is 2. The lowest BCUT2D eigenvalue weighted by Gasteiger charge is -2.20. The lowest BCUT2D eigenvalue weighted by Crippen LogP contribution is -2.24. The van der Waals surface area contributed by atoms with Crippen molar-refractivity contribution in [1.82, 2.24) is 25.0 Å². The van der Waals surface area contributed by atoms with Crippen molar-refractivity contribution in [3.8, 4) is 16.9 Å². The summed E-state index contributed by atoms with van der Waals surface area (Å²) in [5.74, 6) is -1.01. The Labute approximate surface area is 203 Å². The number of rotatable bonds is 4. The molecule has 0 atom stereocenters. The average molecular weight is 488 g/mol. The number of fused-ring (bicyclic) bond motifs is 2. The molecule has 0 unspecified atom stereocenters. The molecule has 5 aromatic rings. The predicted molar refractivity (Wildman–Crippen MR) is 131 cm³/mol. The van der Waals surface area contributed by atoms with E-state index in [1.54, 1.807) is 24.3 Å². The van der Waals surface area contributed by atoms with Gasteiger partial charge in [-0.1, -0.05) is 32.9 Å². The molecule has 3 heterocycles. The first kappa shape index (κ1) is 23.2. The van der Waals surface area contributed by atoms with Crippen molar-refractivity contribution in [2.75, 3.05) is 0 Å². The average Bonchev–Trinajstić information content (AvgIpc) is 3.26. The molecular formula is C25H21FN6O4. The molecule has 0 saturated carbocycles. The quantitative estimate of drug-likeness (QED) is 0.286. The van der Waals surface area contributed by atoms with Crippen LogP contribution >= 0.6 is 0 Å². The standard InChI is InChI=1S/C25H21FN6O4/c1-25(2,3)14-7-13-10-28-31(24(34)22(13)18(26)8-14)21-6-4-5-15(17(21)12-33)19-9-16-20(11-27-19)29-30-23(16)32(35)36/h4-11,33H,12H2,1-3H3,(H,29,30). The van der Waals surface area contributed by atoms with Crippen LogP contribution in [0.15, 0.2) is 53.6 Å². The van der Waals surface area contributed by atoms with Gasteiger partial charge in [-0.15, -0.1) is 0 Å². The van der Waals surface area contributed by atoms with Crippen LogP contribution in [0.5, 0.6) is 0 Å². The van der Waals surface area contributed by atoms with Crippen LogP contribution in [0, 0.1) is 15.9 Å². The molecule has 0 aliphatic rings. The molecule has 0 amide bonds. The number of aliphatic hydroxyl groups is 1. The van der Waals surface area contributed by atoms with Crippen LogP contribution in [0.1, 0.15) is 31.9 Å². The van der Waals surface area contributed by atoms with E-state index in [1.807, 2.05) is 20.8 Å². The minimum absolute atomic E-state index is 0.110. The van der Waals surface area contributed by atoms with E-state index in [0.29, 0.717) is 27.7 Å². The van der Waals surface area contributed by atoms with E-state index in [4.69, 9.17) is 0 Å². The topological polar surface area (TPSA) is 140 Å². The highest BCUT2D eigenvalue weighted by molar-refractivity contribution is 5.89.